The van der Waals surface area contributed by atoms with Gasteiger partial charge in [0.15, 0.2) is 0 Å². The lowest BCUT2D eigenvalue weighted by Crippen LogP contribution is -2.55. The molecule has 1 saturated heterocycles. The molecule has 2 aromatic heterocycles. The van der Waals surface area contributed by atoms with E-state index in [1.165, 1.54) is 21.9 Å². The van der Waals surface area contributed by atoms with Crippen molar-refractivity contribution in [2.75, 3.05) is 24.5 Å². The third-order valence-electron chi connectivity index (χ3n) is 4.18. The molecule has 1 fully saturated rings. The largest absolute Gasteiger partial charge is 0.444 e. The number of carbonyl (C=O) groups excluding carboxylic acids is 1. The Hall–Kier alpha value is -2.16. The summed E-state index contributed by atoms with van der Waals surface area (Å²) in [5, 5.41) is 5.18. The highest BCUT2D eigenvalue weighted by Crippen LogP contribution is 2.25. The molecule has 8 nitrogen and oxygen atoms in total. The molecule has 0 aliphatic carbocycles. The molecule has 0 spiro atoms. The lowest BCUT2D eigenvalue weighted by Gasteiger charge is -2.39. The van der Waals surface area contributed by atoms with Crippen molar-refractivity contribution in [3.8, 4) is 0 Å². The van der Waals surface area contributed by atoms with E-state index >= 15 is 0 Å². The first-order valence-corrected chi connectivity index (χ1v) is 9.64. The fourth-order valence-electron chi connectivity index (χ4n) is 2.88. The van der Waals surface area contributed by atoms with Crippen LogP contribution in [0.15, 0.2) is 10.9 Å². The van der Waals surface area contributed by atoms with Gasteiger partial charge in [0.25, 0.3) is 5.56 Å². The van der Waals surface area contributed by atoms with Gasteiger partial charge < -0.3 is 14.5 Å². The first-order valence-electron chi connectivity index (χ1n) is 8.82. The van der Waals surface area contributed by atoms with Crippen LogP contribution in [0.3, 0.4) is 0 Å². The summed E-state index contributed by atoms with van der Waals surface area (Å²) in [6, 6.07) is 1.51. The Bertz CT molecular complexity index is 869. The van der Waals surface area contributed by atoms with Crippen molar-refractivity contribution in [1.82, 2.24) is 19.5 Å². The van der Waals surface area contributed by atoms with Crippen molar-refractivity contribution in [1.29, 1.82) is 0 Å². The number of aryl methyl sites for hydroxylation is 1. The van der Waals surface area contributed by atoms with Gasteiger partial charge >= 0.3 is 6.09 Å². The van der Waals surface area contributed by atoms with Crippen LogP contribution in [0.25, 0.3) is 4.96 Å². The van der Waals surface area contributed by atoms with E-state index in [1.807, 2.05) is 34.6 Å². The number of hydrogen-bond donors (Lipinski definition) is 0. The van der Waals surface area contributed by atoms with E-state index in [0.29, 0.717) is 31.0 Å². The molecule has 1 amide bonds. The molecule has 9 heteroatoms. The van der Waals surface area contributed by atoms with E-state index in [1.54, 1.807) is 4.90 Å². The van der Waals surface area contributed by atoms with Crippen LogP contribution in [-0.4, -0.2) is 56.9 Å². The number of hydrogen-bond acceptors (Lipinski definition) is 7. The van der Waals surface area contributed by atoms with Gasteiger partial charge in [-0.3, -0.25) is 4.79 Å². The Morgan fingerprint density at radius 3 is 2.73 bits per heavy atom. The summed E-state index contributed by atoms with van der Waals surface area (Å²) in [6.07, 6.45) is 0.421. The smallest absolute Gasteiger partial charge is 0.410 e. The van der Waals surface area contributed by atoms with E-state index in [2.05, 4.69) is 15.0 Å². The monoisotopic (exact) mass is 379 g/mol. The Morgan fingerprint density at radius 1 is 1.38 bits per heavy atom. The molecule has 0 N–H and O–H groups in total. The second kappa shape index (κ2) is 6.86. The second-order valence-corrected chi connectivity index (χ2v) is 8.42. The highest BCUT2D eigenvalue weighted by molar-refractivity contribution is 7.20. The Morgan fingerprint density at radius 2 is 2.12 bits per heavy atom. The van der Waals surface area contributed by atoms with Crippen molar-refractivity contribution in [3.63, 3.8) is 0 Å². The zero-order valence-electron chi connectivity index (χ0n) is 15.9. The first-order chi connectivity index (χ1) is 12.2. The molecule has 26 heavy (non-hydrogen) atoms. The third-order valence-corrected chi connectivity index (χ3v) is 5.14. The molecule has 0 bridgehead atoms. The molecule has 0 unspecified atom stereocenters. The number of aromatic nitrogens is 3. The van der Waals surface area contributed by atoms with Crippen LogP contribution in [0.1, 0.15) is 40.3 Å². The second-order valence-electron chi connectivity index (χ2n) is 7.49. The number of piperazine rings is 1. The number of carbonyl (C=O) groups is 1. The zero-order chi connectivity index (χ0) is 19.1. The summed E-state index contributed by atoms with van der Waals surface area (Å²) in [5.41, 5.74) is 0.105. The predicted molar refractivity (Wildman–Crippen MR) is 101 cm³/mol. The molecule has 2 aromatic rings. The van der Waals surface area contributed by atoms with Gasteiger partial charge in [-0.15, -0.1) is 5.10 Å². The number of fused-ring (bicyclic) bond motifs is 1. The van der Waals surface area contributed by atoms with Gasteiger partial charge in [-0.25, -0.2) is 9.78 Å². The minimum Gasteiger partial charge on any atom is -0.444 e. The van der Waals surface area contributed by atoms with E-state index < -0.39 is 5.60 Å². The van der Waals surface area contributed by atoms with Gasteiger partial charge in [-0.2, -0.15) is 4.52 Å². The van der Waals surface area contributed by atoms with Crippen LogP contribution in [0, 0.1) is 0 Å². The molecule has 1 atom stereocenters. The number of anilines is 1. The highest BCUT2D eigenvalue weighted by Gasteiger charge is 2.32. The topological polar surface area (TPSA) is 80.0 Å². The Labute approximate surface area is 156 Å². The number of amides is 1. The number of ether oxygens (including phenoxy) is 1. The van der Waals surface area contributed by atoms with Crippen LogP contribution in [0.4, 0.5) is 9.93 Å². The fraction of sp³-hybridized carbons (Fsp3) is 0.647. The van der Waals surface area contributed by atoms with Crippen LogP contribution in [0.2, 0.25) is 0 Å². The maximum absolute atomic E-state index is 12.3. The van der Waals surface area contributed by atoms with Gasteiger partial charge in [0.1, 0.15) is 5.60 Å². The van der Waals surface area contributed by atoms with Crippen molar-refractivity contribution in [3.05, 3.63) is 22.1 Å². The lowest BCUT2D eigenvalue weighted by molar-refractivity contribution is 0.0159. The van der Waals surface area contributed by atoms with E-state index in [0.717, 1.165) is 10.8 Å². The molecule has 1 aliphatic heterocycles. The summed E-state index contributed by atoms with van der Waals surface area (Å²) in [5.74, 6) is 0. The summed E-state index contributed by atoms with van der Waals surface area (Å²) in [4.78, 5) is 33.4. The zero-order valence-corrected chi connectivity index (χ0v) is 16.7. The SMILES string of the molecule is CCc1cc(=O)n2nc(N3CCN(C(=O)OC(C)(C)C)[C@H](C)C3)sc2n1. The summed E-state index contributed by atoms with van der Waals surface area (Å²) < 4.78 is 6.83. The summed E-state index contributed by atoms with van der Waals surface area (Å²) in [6.45, 7) is 11.4. The Kier molecular flexibility index (Phi) is 4.92. The van der Waals surface area contributed by atoms with Crippen molar-refractivity contribution in [2.24, 2.45) is 0 Å². The van der Waals surface area contributed by atoms with Crippen LogP contribution >= 0.6 is 11.3 Å². The molecule has 0 radical (unpaired) electrons. The highest BCUT2D eigenvalue weighted by atomic mass is 32.1. The molecule has 142 valence electrons. The Balaban J connectivity index is 1.77. The standard InChI is InChI=1S/C17H25N5O3S/c1-6-12-9-13(23)22-14(18-12)26-15(19-22)20-7-8-21(11(2)10-20)16(24)25-17(3,4)5/h9,11H,6-8,10H2,1-5H3/t11-/m1/s1. The minimum atomic E-state index is -0.509. The minimum absolute atomic E-state index is 0.0125. The maximum atomic E-state index is 12.3. The van der Waals surface area contributed by atoms with Crippen molar-refractivity contribution in [2.45, 2.75) is 52.7 Å². The third kappa shape index (κ3) is 3.82. The number of nitrogens with zero attached hydrogens (tertiary/aromatic N) is 5. The summed E-state index contributed by atoms with van der Waals surface area (Å²) >= 11 is 1.40. The van der Waals surface area contributed by atoms with E-state index in [9.17, 15) is 9.59 Å². The van der Waals surface area contributed by atoms with E-state index in [-0.39, 0.29) is 17.7 Å². The number of rotatable bonds is 2. The van der Waals surface area contributed by atoms with Gasteiger partial charge in [0.2, 0.25) is 10.1 Å². The predicted octanol–water partition coefficient (Wildman–Crippen LogP) is 2.16. The lowest BCUT2D eigenvalue weighted by atomic mass is 10.2. The summed E-state index contributed by atoms with van der Waals surface area (Å²) in [7, 11) is 0. The molecule has 3 heterocycles. The fourth-order valence-corrected chi connectivity index (χ4v) is 3.84. The quantitative estimate of drug-likeness (QED) is 0.795. The molecule has 3 rings (SSSR count). The van der Waals surface area contributed by atoms with Gasteiger partial charge in [0.05, 0.1) is 0 Å². The molecular formula is C17H25N5O3S. The van der Waals surface area contributed by atoms with Gasteiger partial charge in [-0.1, -0.05) is 18.3 Å². The van der Waals surface area contributed by atoms with Crippen LogP contribution in [-0.2, 0) is 11.2 Å². The molecule has 0 saturated carbocycles. The van der Waals surface area contributed by atoms with Crippen molar-refractivity contribution >= 4 is 27.5 Å². The van der Waals surface area contributed by atoms with Gasteiger partial charge in [0, 0.05) is 37.4 Å². The molecule has 0 aromatic carbocycles. The van der Waals surface area contributed by atoms with Gasteiger partial charge in [-0.05, 0) is 34.1 Å². The molecule has 1 aliphatic rings. The van der Waals surface area contributed by atoms with Crippen molar-refractivity contribution < 1.29 is 9.53 Å². The van der Waals surface area contributed by atoms with Crippen LogP contribution in [0.5, 0.6) is 0 Å². The van der Waals surface area contributed by atoms with Crippen LogP contribution < -0.4 is 10.5 Å². The normalized spacial score (nSPS) is 18.4. The molecular weight excluding hydrogens is 354 g/mol. The van der Waals surface area contributed by atoms with E-state index in [4.69, 9.17) is 4.74 Å². The average Bonchev–Trinajstić information content (AvgIpc) is 2.97. The maximum Gasteiger partial charge on any atom is 0.410 e. The first kappa shape index (κ1) is 18.6. The average molecular weight is 379 g/mol.